The summed E-state index contributed by atoms with van der Waals surface area (Å²) in [6.07, 6.45) is 3.66. The van der Waals surface area contributed by atoms with E-state index in [1.807, 2.05) is 0 Å². The summed E-state index contributed by atoms with van der Waals surface area (Å²) in [5, 5.41) is 0. The van der Waals surface area contributed by atoms with Crippen LogP contribution in [-0.2, 0) is 4.74 Å². The van der Waals surface area contributed by atoms with Crippen LogP contribution in [0.5, 0.6) is 0 Å². The topological polar surface area (TPSA) is 9.23 Å². The molecule has 0 radical (unpaired) electrons. The van der Waals surface area contributed by atoms with Gasteiger partial charge in [0.05, 0.1) is 5.66 Å². The average molecular weight is 236 g/mol. The molecule has 0 fully saturated rings. The van der Waals surface area contributed by atoms with Gasteiger partial charge in [0.25, 0.3) is 0 Å². The molecule has 88 valence electrons. The number of rotatable bonds is 5. The van der Waals surface area contributed by atoms with E-state index in [1.54, 1.807) is 7.11 Å². The van der Waals surface area contributed by atoms with E-state index in [0.29, 0.717) is 8.58 Å². The highest BCUT2D eigenvalue weighted by Crippen LogP contribution is 2.23. The molecule has 0 aliphatic carbocycles. The van der Waals surface area contributed by atoms with Crippen LogP contribution in [0.1, 0.15) is 26.7 Å². The van der Waals surface area contributed by atoms with Crippen LogP contribution in [-0.4, -0.2) is 26.4 Å². The van der Waals surface area contributed by atoms with Crippen LogP contribution in [0.4, 0.5) is 17.3 Å². The lowest BCUT2D eigenvalue weighted by Crippen LogP contribution is -2.02. The first-order valence-electron chi connectivity index (χ1n) is 4.54. The van der Waals surface area contributed by atoms with Gasteiger partial charge < -0.3 is 22.0 Å². The van der Waals surface area contributed by atoms with Crippen LogP contribution in [0.25, 0.3) is 0 Å². The molecule has 1 nitrogen and oxygen atoms in total. The molecule has 0 amide bonds. The van der Waals surface area contributed by atoms with Crippen molar-refractivity contribution in [1.29, 1.82) is 0 Å². The minimum absolute atomic E-state index is 0.552. The van der Waals surface area contributed by atoms with E-state index >= 15 is 0 Å². The average Bonchev–Trinajstić information content (AvgIpc) is 2.04. The maximum atomic E-state index is 9.75. The van der Waals surface area contributed by atoms with Gasteiger partial charge in [0.1, 0.15) is 0 Å². The molecular weight excluding hydrogens is 218 g/mol. The molecule has 0 bridgehead atoms. The molecule has 0 heterocycles. The van der Waals surface area contributed by atoms with Crippen LogP contribution in [0.2, 0.25) is 0 Å². The molecule has 0 spiro atoms. The zero-order chi connectivity index (χ0) is 11.6. The number of halogens is 4. The fourth-order valence-corrected chi connectivity index (χ4v) is 1.99. The molecule has 0 aromatic carbocycles. The standard InChI is InChI=1S/C7H17OP.BF4/c1-4-7(5-2)9-6-8-3;2-1(3,4)5/h7,9H,4-6H2,1-3H3;/q;-1/p+1. The fourth-order valence-electron chi connectivity index (χ4n) is 0.854. The monoisotopic (exact) mass is 236 g/mol. The molecule has 0 aliphatic rings. The molecular formula is C7H18BF4OP. The van der Waals surface area contributed by atoms with Crippen molar-refractivity contribution in [2.75, 3.05) is 13.5 Å². The van der Waals surface area contributed by atoms with Crippen molar-refractivity contribution in [2.24, 2.45) is 0 Å². The fraction of sp³-hybridized carbons (Fsp3) is 1.00. The van der Waals surface area contributed by atoms with Gasteiger partial charge in [0, 0.05) is 15.7 Å². The highest BCUT2D eigenvalue weighted by atomic mass is 31.1. The summed E-state index contributed by atoms with van der Waals surface area (Å²) in [4.78, 5) is 0. The van der Waals surface area contributed by atoms with Gasteiger partial charge in [-0.05, 0) is 12.8 Å². The number of ether oxygens (including phenoxy) is 1. The van der Waals surface area contributed by atoms with E-state index < -0.39 is 7.25 Å². The Morgan fingerprint density at radius 2 is 1.50 bits per heavy atom. The quantitative estimate of drug-likeness (QED) is 0.403. The molecule has 1 atom stereocenters. The first kappa shape index (κ1) is 16.6. The lowest BCUT2D eigenvalue weighted by atomic mass is 10.3. The van der Waals surface area contributed by atoms with Crippen LogP contribution in [0, 0.1) is 0 Å². The van der Waals surface area contributed by atoms with Gasteiger partial charge in [-0.1, -0.05) is 13.8 Å². The Balaban J connectivity index is 0. The summed E-state index contributed by atoms with van der Waals surface area (Å²) in [6, 6.07) is 0. The summed E-state index contributed by atoms with van der Waals surface area (Å²) in [5.41, 5.74) is 0.963. The normalized spacial score (nSPS) is 12.0. The second-order valence-electron chi connectivity index (χ2n) is 2.76. The molecule has 0 saturated carbocycles. The smallest absolute Gasteiger partial charge is 0.418 e. The maximum Gasteiger partial charge on any atom is 0.673 e. The predicted octanol–water partition coefficient (Wildman–Crippen LogP) is 3.49. The summed E-state index contributed by atoms with van der Waals surface area (Å²) >= 11 is 0. The van der Waals surface area contributed by atoms with E-state index in [4.69, 9.17) is 4.74 Å². The van der Waals surface area contributed by atoms with Crippen molar-refractivity contribution in [3.05, 3.63) is 0 Å². The highest BCUT2D eigenvalue weighted by Gasteiger charge is 2.20. The van der Waals surface area contributed by atoms with Crippen molar-refractivity contribution in [3.63, 3.8) is 0 Å². The molecule has 0 aromatic heterocycles. The Kier molecular flexibility index (Phi) is 11.5. The molecule has 0 aliphatic heterocycles. The first-order valence-corrected chi connectivity index (χ1v) is 6.03. The molecule has 14 heavy (non-hydrogen) atoms. The van der Waals surface area contributed by atoms with Gasteiger partial charge in [-0.3, -0.25) is 0 Å². The highest BCUT2D eigenvalue weighted by molar-refractivity contribution is 7.38. The Hall–Kier alpha value is 0.175. The van der Waals surface area contributed by atoms with Gasteiger partial charge >= 0.3 is 7.25 Å². The first-order chi connectivity index (χ1) is 6.35. The summed E-state index contributed by atoms with van der Waals surface area (Å²) in [6.45, 7) is 4.52. The molecule has 0 rings (SSSR count). The third-order valence-electron chi connectivity index (χ3n) is 1.64. The lowest BCUT2D eigenvalue weighted by molar-refractivity contribution is 0.256. The van der Waals surface area contributed by atoms with E-state index in [1.165, 1.54) is 12.8 Å². The maximum absolute atomic E-state index is 9.75. The Labute approximate surface area is 84.5 Å². The third-order valence-corrected chi connectivity index (χ3v) is 3.78. The van der Waals surface area contributed by atoms with E-state index in [-0.39, 0.29) is 0 Å². The molecule has 1 unspecified atom stereocenters. The van der Waals surface area contributed by atoms with Crippen molar-refractivity contribution >= 4 is 15.8 Å². The Morgan fingerprint density at radius 1 is 1.14 bits per heavy atom. The van der Waals surface area contributed by atoms with Crippen LogP contribution < -0.4 is 0 Å². The summed E-state index contributed by atoms with van der Waals surface area (Å²) in [7, 11) is -3.66. The van der Waals surface area contributed by atoms with E-state index in [0.717, 1.165) is 12.0 Å². The van der Waals surface area contributed by atoms with Crippen molar-refractivity contribution in [1.82, 2.24) is 0 Å². The molecule has 0 aromatic rings. The van der Waals surface area contributed by atoms with Gasteiger partial charge in [-0.25, -0.2) is 0 Å². The van der Waals surface area contributed by atoms with E-state index in [2.05, 4.69) is 13.8 Å². The zero-order valence-corrected chi connectivity index (χ0v) is 9.93. The van der Waals surface area contributed by atoms with Crippen LogP contribution in [0.3, 0.4) is 0 Å². The molecule has 0 N–H and O–H groups in total. The van der Waals surface area contributed by atoms with Gasteiger partial charge in [0.15, 0.2) is 6.35 Å². The Bertz CT molecular complexity index is 113. The van der Waals surface area contributed by atoms with E-state index in [9.17, 15) is 17.3 Å². The number of hydrogen-bond donors (Lipinski definition) is 0. The minimum atomic E-state index is -6.00. The van der Waals surface area contributed by atoms with Gasteiger partial charge in [-0.2, -0.15) is 0 Å². The summed E-state index contributed by atoms with van der Waals surface area (Å²) in [5.74, 6) is 0. The van der Waals surface area contributed by atoms with Crippen molar-refractivity contribution in [3.8, 4) is 0 Å². The molecule has 0 saturated heterocycles. The second-order valence-corrected chi connectivity index (χ2v) is 4.51. The predicted molar refractivity (Wildman–Crippen MR) is 56.1 cm³/mol. The summed E-state index contributed by atoms with van der Waals surface area (Å²) < 4.78 is 44.0. The second kappa shape index (κ2) is 9.72. The molecule has 7 heteroatoms. The van der Waals surface area contributed by atoms with Gasteiger partial charge in [-0.15, -0.1) is 0 Å². The third kappa shape index (κ3) is 22.8. The minimum Gasteiger partial charge on any atom is -0.418 e. The lowest BCUT2D eigenvalue weighted by Gasteiger charge is -2.03. The largest absolute Gasteiger partial charge is 0.673 e. The van der Waals surface area contributed by atoms with Crippen molar-refractivity contribution in [2.45, 2.75) is 32.3 Å². The van der Waals surface area contributed by atoms with Crippen molar-refractivity contribution < 1.29 is 22.0 Å². The van der Waals surface area contributed by atoms with Crippen LogP contribution >= 0.6 is 8.58 Å². The number of hydrogen-bond acceptors (Lipinski definition) is 1. The SMILES string of the molecule is CCC(CC)[PH2+]COC.F[B-](F)(F)F. The zero-order valence-electron chi connectivity index (χ0n) is 8.77. The number of methoxy groups -OCH3 is 1. The van der Waals surface area contributed by atoms with Gasteiger partial charge in [0.2, 0.25) is 0 Å². The Morgan fingerprint density at radius 3 is 1.71 bits per heavy atom. The van der Waals surface area contributed by atoms with Crippen LogP contribution in [0.15, 0.2) is 0 Å².